The molecule has 58 heavy (non-hydrogen) atoms. The van der Waals surface area contributed by atoms with E-state index in [0.29, 0.717) is 55.0 Å². The van der Waals surface area contributed by atoms with Gasteiger partial charge in [-0.2, -0.15) is 0 Å². The Balaban J connectivity index is 1.20. The van der Waals surface area contributed by atoms with E-state index in [1.54, 1.807) is 0 Å². The molecule has 11 aromatic rings. The normalized spacial score (nSPS) is 11.9. The van der Waals surface area contributed by atoms with Gasteiger partial charge in [0.05, 0.1) is 16.7 Å². The van der Waals surface area contributed by atoms with Gasteiger partial charge in [0.25, 0.3) is 0 Å². The molecule has 8 aromatic carbocycles. The summed E-state index contributed by atoms with van der Waals surface area (Å²) < 4.78 is 10.7. The zero-order chi connectivity index (χ0) is 39.6. The molecule has 0 saturated heterocycles. The third-order valence-electron chi connectivity index (χ3n) is 11.7. The summed E-state index contributed by atoms with van der Waals surface area (Å²) >= 11 is 0. The molecule has 0 fully saturated rings. The van der Waals surface area contributed by atoms with E-state index < -0.39 is 0 Å². The molecule has 0 spiro atoms. The highest BCUT2D eigenvalue weighted by Crippen LogP contribution is 2.38. The highest BCUT2D eigenvalue weighted by atomic mass is 16.3. The standard InChI is InChI=1S/C48H23B7N2O/c49-39-36(26-20-21-33-31(23-26)28-14-4-6-17-32(28)56(33)27-13-8-12-25(22-27)24-10-2-1-3-11-24)40(50)44(54)46-37(39)38-41(51)42(52)43(53)45(55)47(38)57(46)34-18-9-16-30-29-15-5-7-19-35(29)58-48(30)34/h1-23H. The van der Waals surface area contributed by atoms with Crippen LogP contribution in [0.25, 0.3) is 99.2 Å². The summed E-state index contributed by atoms with van der Waals surface area (Å²) in [5.41, 5.74) is 11.5. The van der Waals surface area contributed by atoms with Gasteiger partial charge in [-0.3, -0.25) is 0 Å². The third-order valence-corrected chi connectivity index (χ3v) is 11.7. The molecular weight excluding hydrogens is 696 g/mol. The molecule has 0 aliphatic rings. The summed E-state index contributed by atoms with van der Waals surface area (Å²) in [6.07, 6.45) is 0. The van der Waals surface area contributed by atoms with E-state index in [0.717, 1.165) is 60.5 Å². The number of aromatic nitrogens is 2. The van der Waals surface area contributed by atoms with Crippen molar-refractivity contribution in [3.8, 4) is 33.6 Å². The zero-order valence-corrected chi connectivity index (χ0v) is 31.1. The molecule has 10 heteroatoms. The molecule has 3 nitrogen and oxygen atoms in total. The SMILES string of the molecule is [B]c1c([B])c([B])c2c(c1[B])c1c([B])c(-c3ccc4c(c3)c3ccccc3n4-c3cccc(-c4ccccc4)c3)c([B])c([B])c1n2-c1cccc2c1oc1ccccc12. The van der Waals surface area contributed by atoms with Gasteiger partial charge in [-0.25, -0.2) is 0 Å². The van der Waals surface area contributed by atoms with Crippen LogP contribution < -0.4 is 38.2 Å². The largest absolute Gasteiger partial charge is 0.454 e. The Morgan fingerprint density at radius 2 is 1.00 bits per heavy atom. The first-order valence-corrected chi connectivity index (χ1v) is 18.9. The van der Waals surface area contributed by atoms with Crippen LogP contribution in [-0.2, 0) is 0 Å². The lowest BCUT2D eigenvalue weighted by Gasteiger charge is -2.19. The number of fused-ring (bicyclic) bond motifs is 9. The van der Waals surface area contributed by atoms with E-state index >= 15 is 0 Å². The van der Waals surface area contributed by atoms with Crippen LogP contribution in [0, 0.1) is 0 Å². The van der Waals surface area contributed by atoms with Gasteiger partial charge in [-0.1, -0.05) is 124 Å². The van der Waals surface area contributed by atoms with Gasteiger partial charge in [-0.05, 0) is 70.1 Å². The van der Waals surface area contributed by atoms with Crippen molar-refractivity contribution in [2.24, 2.45) is 0 Å². The Labute approximate surface area is 343 Å². The quantitative estimate of drug-likeness (QED) is 0.243. The molecule has 0 atom stereocenters. The molecule has 252 valence electrons. The fourth-order valence-electron chi connectivity index (χ4n) is 9.01. The maximum atomic E-state index is 7.34. The lowest BCUT2D eigenvalue weighted by molar-refractivity contribution is 0.666. The molecule has 14 radical (unpaired) electrons. The first-order valence-electron chi connectivity index (χ1n) is 18.9. The van der Waals surface area contributed by atoms with E-state index in [2.05, 4.69) is 83.4 Å². The molecule has 0 aliphatic carbocycles. The van der Waals surface area contributed by atoms with E-state index in [4.69, 9.17) is 59.3 Å². The van der Waals surface area contributed by atoms with Gasteiger partial charge in [-0.15, -0.1) is 10.9 Å². The fourth-order valence-corrected chi connectivity index (χ4v) is 9.01. The fraction of sp³-hybridized carbons (Fsp3) is 0. The topological polar surface area (TPSA) is 23.0 Å². The minimum absolute atomic E-state index is 0.160. The summed E-state index contributed by atoms with van der Waals surface area (Å²) in [6.45, 7) is 0. The number of hydrogen-bond donors (Lipinski definition) is 0. The molecule has 3 aromatic heterocycles. The second kappa shape index (κ2) is 12.8. The predicted octanol–water partition coefficient (Wildman–Crippen LogP) is 4.67. The highest BCUT2D eigenvalue weighted by molar-refractivity contribution is 6.69. The van der Waals surface area contributed by atoms with Gasteiger partial charge in [0.15, 0.2) is 5.58 Å². The maximum absolute atomic E-state index is 7.34. The first-order chi connectivity index (χ1) is 28.2. The van der Waals surface area contributed by atoms with Crippen LogP contribution >= 0.6 is 0 Å². The Morgan fingerprint density at radius 1 is 0.379 bits per heavy atom. The van der Waals surface area contributed by atoms with Gasteiger partial charge in [0, 0.05) is 43.7 Å². The highest BCUT2D eigenvalue weighted by Gasteiger charge is 2.26. The minimum Gasteiger partial charge on any atom is -0.454 e. The molecule has 0 saturated carbocycles. The van der Waals surface area contributed by atoms with Gasteiger partial charge in [0.1, 0.15) is 60.5 Å². The summed E-state index contributed by atoms with van der Waals surface area (Å²) in [7, 11) is 48.5. The van der Waals surface area contributed by atoms with Crippen LogP contribution in [0.1, 0.15) is 0 Å². The Hall–Kier alpha value is -6.39. The average Bonchev–Trinajstić information content (AvgIpc) is 3.93. The van der Waals surface area contributed by atoms with Crippen LogP contribution in [0.3, 0.4) is 0 Å². The summed E-state index contributed by atoms with van der Waals surface area (Å²) in [6, 6.07) is 47.4. The molecule has 3 heterocycles. The van der Waals surface area contributed by atoms with Crippen molar-refractivity contribution < 1.29 is 4.42 Å². The summed E-state index contributed by atoms with van der Waals surface area (Å²) in [5, 5.41) is 5.05. The molecule has 0 unspecified atom stereocenters. The average molecular weight is 719 g/mol. The lowest BCUT2D eigenvalue weighted by atomic mass is 9.64. The van der Waals surface area contributed by atoms with E-state index in [1.165, 1.54) is 0 Å². The van der Waals surface area contributed by atoms with Crippen LogP contribution in [0.4, 0.5) is 0 Å². The molecular formula is C48H23B7N2O. The van der Waals surface area contributed by atoms with E-state index in [9.17, 15) is 0 Å². The van der Waals surface area contributed by atoms with Crippen LogP contribution in [0.15, 0.2) is 144 Å². The number of hydrogen-bond acceptors (Lipinski definition) is 1. The number of benzene rings is 8. The zero-order valence-electron chi connectivity index (χ0n) is 31.1. The van der Waals surface area contributed by atoms with E-state index in [-0.39, 0.29) is 21.9 Å². The number of rotatable bonds is 4. The predicted molar refractivity (Wildman–Crippen MR) is 251 cm³/mol. The Bertz CT molecular complexity index is 3550. The van der Waals surface area contributed by atoms with Crippen molar-refractivity contribution in [1.82, 2.24) is 9.13 Å². The molecule has 0 bridgehead atoms. The van der Waals surface area contributed by atoms with Gasteiger partial charge >= 0.3 is 0 Å². The lowest BCUT2D eigenvalue weighted by Crippen LogP contribution is -2.48. The van der Waals surface area contributed by atoms with Gasteiger partial charge < -0.3 is 13.6 Å². The Kier molecular flexibility index (Phi) is 7.69. The van der Waals surface area contributed by atoms with Crippen molar-refractivity contribution >= 4 is 159 Å². The molecule has 11 rings (SSSR count). The van der Waals surface area contributed by atoms with Crippen LogP contribution in [-0.4, -0.2) is 64.1 Å². The molecule has 0 amide bonds. The van der Waals surface area contributed by atoms with Crippen LogP contribution in [0.2, 0.25) is 0 Å². The second-order valence-electron chi connectivity index (χ2n) is 14.8. The van der Waals surface area contributed by atoms with E-state index in [1.807, 2.05) is 65.2 Å². The van der Waals surface area contributed by atoms with Gasteiger partial charge in [0.2, 0.25) is 0 Å². The van der Waals surface area contributed by atoms with Crippen LogP contribution in [0.5, 0.6) is 0 Å². The first kappa shape index (κ1) is 34.8. The number of furan rings is 1. The minimum atomic E-state index is 0.160. The number of para-hydroxylation sites is 3. The summed E-state index contributed by atoms with van der Waals surface area (Å²) in [5.74, 6) is 0. The monoisotopic (exact) mass is 720 g/mol. The van der Waals surface area contributed by atoms with Crippen molar-refractivity contribution in [2.75, 3.05) is 0 Å². The Morgan fingerprint density at radius 3 is 1.81 bits per heavy atom. The smallest absolute Gasteiger partial charge is 0.159 e. The maximum Gasteiger partial charge on any atom is 0.159 e. The van der Waals surface area contributed by atoms with Crippen molar-refractivity contribution in [1.29, 1.82) is 0 Å². The second-order valence-corrected chi connectivity index (χ2v) is 14.8. The van der Waals surface area contributed by atoms with Crippen molar-refractivity contribution in [3.05, 3.63) is 140 Å². The van der Waals surface area contributed by atoms with Crippen molar-refractivity contribution in [2.45, 2.75) is 0 Å². The number of nitrogens with zero attached hydrogens (tertiary/aromatic N) is 2. The summed E-state index contributed by atoms with van der Waals surface area (Å²) in [4.78, 5) is 0. The third kappa shape index (κ3) is 4.78. The molecule has 0 N–H and O–H groups in total. The van der Waals surface area contributed by atoms with Crippen molar-refractivity contribution in [3.63, 3.8) is 0 Å². The molecule has 0 aliphatic heterocycles.